The van der Waals surface area contributed by atoms with Crippen molar-refractivity contribution in [3.63, 3.8) is 0 Å². The van der Waals surface area contributed by atoms with Crippen LogP contribution in [0.1, 0.15) is 43.0 Å². The first-order valence-corrected chi connectivity index (χ1v) is 21.4. The Labute approximate surface area is 361 Å². The Kier molecular flexibility index (Phi) is 10.8. The molecule has 310 valence electrons. The Bertz CT molecular complexity index is 2710. The summed E-state index contributed by atoms with van der Waals surface area (Å²) in [5, 5.41) is 0. The minimum absolute atomic E-state index is 0.0803. The summed E-state index contributed by atoms with van der Waals surface area (Å²) < 4.78 is 13.5. The van der Waals surface area contributed by atoms with E-state index in [0.29, 0.717) is 56.1 Å². The van der Waals surface area contributed by atoms with Gasteiger partial charge in [0.1, 0.15) is 5.75 Å². The van der Waals surface area contributed by atoms with Crippen LogP contribution in [0, 0.1) is 0 Å². The molecule has 5 aromatic carbocycles. The van der Waals surface area contributed by atoms with Crippen LogP contribution in [0.4, 0.5) is 16.2 Å². The molecule has 3 amide bonds. The van der Waals surface area contributed by atoms with Crippen molar-refractivity contribution in [1.29, 1.82) is 0 Å². The average Bonchev–Trinajstić information content (AvgIpc) is 3.71. The number of hydrogen-bond donors (Lipinski definition) is 0. The Morgan fingerprint density at radius 1 is 0.645 bits per heavy atom. The molecule has 10 nitrogen and oxygen atoms in total. The van der Waals surface area contributed by atoms with E-state index in [1.807, 2.05) is 131 Å². The lowest BCUT2D eigenvalue weighted by Gasteiger charge is -2.41. The smallest absolute Gasteiger partial charge is 0.410 e. The third-order valence-electron chi connectivity index (χ3n) is 12.4. The fraction of sp³-hybridized carbons (Fsp3) is 0.212. The van der Waals surface area contributed by atoms with E-state index < -0.39 is 6.09 Å². The van der Waals surface area contributed by atoms with Crippen LogP contribution in [0.5, 0.6) is 5.75 Å². The molecule has 0 radical (unpaired) electrons. The number of anilines is 2. The molecule has 1 fully saturated rings. The van der Waals surface area contributed by atoms with E-state index in [-0.39, 0.29) is 17.9 Å². The number of nitrogens with zero attached hydrogens (tertiary/aromatic N) is 5. The van der Waals surface area contributed by atoms with Gasteiger partial charge in [0, 0.05) is 74.0 Å². The minimum Gasteiger partial charge on any atom is -0.410 e. The van der Waals surface area contributed by atoms with E-state index in [0.717, 1.165) is 70.9 Å². The molecular formula is C52H47N5O5. The van der Waals surface area contributed by atoms with Crippen LogP contribution in [0.3, 0.4) is 0 Å². The molecule has 7 aromatic rings. The van der Waals surface area contributed by atoms with Crippen molar-refractivity contribution in [3.8, 4) is 17.0 Å². The molecule has 0 aliphatic carbocycles. The highest BCUT2D eigenvalue weighted by atomic mass is 16.6. The molecule has 1 saturated heterocycles. The zero-order valence-corrected chi connectivity index (χ0v) is 34.4. The van der Waals surface area contributed by atoms with Gasteiger partial charge in [-0.15, -0.1) is 0 Å². The van der Waals surface area contributed by atoms with Gasteiger partial charge in [-0.3, -0.25) is 19.4 Å². The van der Waals surface area contributed by atoms with E-state index >= 15 is 9.59 Å². The molecule has 0 saturated carbocycles. The molecule has 0 N–H and O–H groups in total. The summed E-state index contributed by atoms with van der Waals surface area (Å²) in [6.07, 6.45) is 2.84. The highest BCUT2D eigenvalue weighted by Gasteiger charge is 2.35. The number of hydrogen-bond acceptors (Lipinski definition) is 6. The Morgan fingerprint density at radius 3 is 2.03 bits per heavy atom. The first-order valence-electron chi connectivity index (χ1n) is 21.4. The van der Waals surface area contributed by atoms with Crippen LogP contribution >= 0.6 is 0 Å². The van der Waals surface area contributed by atoms with Gasteiger partial charge in [-0.1, -0.05) is 84.9 Å². The van der Waals surface area contributed by atoms with Crippen LogP contribution < -0.4 is 9.64 Å². The molecule has 3 aliphatic rings. The van der Waals surface area contributed by atoms with Crippen molar-refractivity contribution in [2.24, 2.45) is 0 Å². The van der Waals surface area contributed by atoms with Gasteiger partial charge >= 0.3 is 6.09 Å². The zero-order chi connectivity index (χ0) is 42.0. The topological polar surface area (TPSA) is 87.0 Å². The van der Waals surface area contributed by atoms with Crippen molar-refractivity contribution in [1.82, 2.24) is 19.1 Å². The Hall–Kier alpha value is -7.01. The van der Waals surface area contributed by atoms with Gasteiger partial charge in [0.25, 0.3) is 11.8 Å². The summed E-state index contributed by atoms with van der Waals surface area (Å²) >= 11 is 0. The molecule has 2 aromatic heterocycles. The fourth-order valence-electron chi connectivity index (χ4n) is 9.22. The molecule has 10 heteroatoms. The lowest BCUT2D eigenvalue weighted by molar-refractivity contribution is 0.0193. The molecule has 10 rings (SSSR count). The Morgan fingerprint density at radius 2 is 1.31 bits per heavy atom. The van der Waals surface area contributed by atoms with Gasteiger partial charge in [0.2, 0.25) is 0 Å². The molecule has 0 bridgehead atoms. The van der Waals surface area contributed by atoms with Crippen LogP contribution in [-0.4, -0.2) is 82.4 Å². The molecule has 5 heterocycles. The van der Waals surface area contributed by atoms with E-state index in [1.165, 1.54) is 5.56 Å². The van der Waals surface area contributed by atoms with Gasteiger partial charge in [-0.2, -0.15) is 0 Å². The number of carbonyl (C=O) groups is 3. The van der Waals surface area contributed by atoms with E-state index in [2.05, 4.69) is 29.2 Å². The van der Waals surface area contributed by atoms with E-state index in [9.17, 15) is 4.79 Å². The largest absolute Gasteiger partial charge is 0.415 e. The summed E-state index contributed by atoms with van der Waals surface area (Å²) in [5.41, 5.74) is 9.08. The lowest BCUT2D eigenvalue weighted by atomic mass is 9.89. The van der Waals surface area contributed by atoms with Crippen molar-refractivity contribution in [2.75, 3.05) is 44.3 Å². The van der Waals surface area contributed by atoms with Crippen molar-refractivity contribution < 1.29 is 23.9 Å². The Balaban J connectivity index is 1.09. The van der Waals surface area contributed by atoms with Gasteiger partial charge < -0.3 is 23.7 Å². The first-order chi connectivity index (χ1) is 30.5. The number of amides is 3. The number of rotatable bonds is 8. The van der Waals surface area contributed by atoms with E-state index in [1.54, 1.807) is 21.9 Å². The van der Waals surface area contributed by atoms with Gasteiger partial charge in [0.15, 0.2) is 0 Å². The molecular weight excluding hydrogens is 775 g/mol. The van der Waals surface area contributed by atoms with Gasteiger partial charge in [-0.25, -0.2) is 4.79 Å². The molecule has 0 unspecified atom stereocenters. The zero-order valence-electron chi connectivity index (χ0n) is 34.4. The number of pyridine rings is 1. The van der Waals surface area contributed by atoms with Crippen molar-refractivity contribution in [2.45, 2.75) is 32.0 Å². The molecule has 62 heavy (non-hydrogen) atoms. The minimum atomic E-state index is -0.431. The summed E-state index contributed by atoms with van der Waals surface area (Å²) in [5.74, 6) is 0.206. The maximum Gasteiger partial charge on any atom is 0.415 e. The summed E-state index contributed by atoms with van der Waals surface area (Å²) in [4.78, 5) is 52.1. The maximum absolute atomic E-state index is 15.6. The predicted molar refractivity (Wildman–Crippen MR) is 240 cm³/mol. The van der Waals surface area contributed by atoms with Gasteiger partial charge in [-0.05, 0) is 102 Å². The number of para-hydroxylation sites is 3. The summed E-state index contributed by atoms with van der Waals surface area (Å²) in [6, 6.07) is 48.7. The molecule has 0 spiro atoms. The fourth-order valence-corrected chi connectivity index (χ4v) is 9.22. The quantitative estimate of drug-likeness (QED) is 0.152. The number of aromatic nitrogens is 1. The maximum atomic E-state index is 15.6. The van der Waals surface area contributed by atoms with Crippen LogP contribution in [0.15, 0.2) is 158 Å². The van der Waals surface area contributed by atoms with Crippen LogP contribution in [0.25, 0.3) is 16.8 Å². The predicted octanol–water partition coefficient (Wildman–Crippen LogP) is 9.04. The standard InChI is InChI=1S/C52H47N5O5/c58-50(56-35-39-15-11-10-14-37(39)30-43(56)36-53-26-28-61-29-27-53)46-32-40-34-54(52(60)62-44-20-8-3-9-21-44)25-23-38(40)31-45(46)49-33-47(48-22-12-13-24-55(48)49)51(59)57(41-16-4-1-5-17-41)42-18-6-2-7-19-42/h1-22,24,31-33,43H,23,25-30,34-36H2/t43-/m0/s1. The average molecular weight is 822 g/mol. The second kappa shape index (κ2) is 17.2. The third kappa shape index (κ3) is 7.74. The number of fused-ring (bicyclic) bond motifs is 3. The third-order valence-corrected chi connectivity index (χ3v) is 12.4. The van der Waals surface area contributed by atoms with Crippen LogP contribution in [-0.2, 0) is 30.7 Å². The highest BCUT2D eigenvalue weighted by molar-refractivity contribution is 6.15. The molecule has 1 atom stereocenters. The van der Waals surface area contributed by atoms with Gasteiger partial charge in [0.05, 0.1) is 30.0 Å². The number of benzene rings is 5. The monoisotopic (exact) mass is 821 g/mol. The van der Waals surface area contributed by atoms with Crippen molar-refractivity contribution >= 4 is 34.8 Å². The summed E-state index contributed by atoms with van der Waals surface area (Å²) in [7, 11) is 0. The van der Waals surface area contributed by atoms with Crippen LogP contribution in [0.2, 0.25) is 0 Å². The highest BCUT2D eigenvalue weighted by Crippen LogP contribution is 2.38. The number of carbonyl (C=O) groups excluding carboxylic acids is 3. The number of ether oxygens (including phenoxy) is 2. The molecule has 3 aliphatic heterocycles. The van der Waals surface area contributed by atoms with Crippen molar-refractivity contribution in [3.05, 3.63) is 191 Å². The first kappa shape index (κ1) is 39.1. The second-order valence-electron chi connectivity index (χ2n) is 16.2. The summed E-state index contributed by atoms with van der Waals surface area (Å²) in [6.45, 7) is 4.92. The van der Waals surface area contributed by atoms with E-state index in [4.69, 9.17) is 9.47 Å². The number of morpholine rings is 1. The normalized spacial score (nSPS) is 16.4. The SMILES string of the molecule is O=C(Oc1ccccc1)N1CCc2cc(-c3cc(C(=O)N(c4ccccc4)c4ccccc4)c4ccccn34)c(C(=O)N3Cc4ccccc4C[C@H]3CN3CCOCC3)cc2C1. The second-order valence-corrected chi connectivity index (χ2v) is 16.2. The lowest BCUT2D eigenvalue weighted by Crippen LogP contribution is -2.52.